The first-order valence-electron chi connectivity index (χ1n) is 9.61. The minimum absolute atomic E-state index is 0.0404. The quantitative estimate of drug-likeness (QED) is 0.576. The van der Waals surface area contributed by atoms with E-state index in [4.69, 9.17) is 0 Å². The molecule has 1 aliphatic heterocycles. The Kier molecular flexibility index (Phi) is 5.46. The molecule has 4 nitrogen and oxygen atoms in total. The second-order valence-corrected chi connectivity index (χ2v) is 8.14. The van der Waals surface area contributed by atoms with E-state index in [-0.39, 0.29) is 11.9 Å². The van der Waals surface area contributed by atoms with Gasteiger partial charge in [-0.2, -0.15) is 11.3 Å². The van der Waals surface area contributed by atoms with Crippen LogP contribution in [0.5, 0.6) is 0 Å². The van der Waals surface area contributed by atoms with Crippen molar-refractivity contribution in [1.29, 1.82) is 0 Å². The molecule has 0 saturated carbocycles. The molecule has 3 aromatic rings. The molecule has 0 unspecified atom stereocenters. The summed E-state index contributed by atoms with van der Waals surface area (Å²) in [5, 5.41) is 14.1. The topological polar surface area (TPSA) is 53.2 Å². The number of nitrogens with one attached hydrogen (secondary N) is 3. The Morgan fingerprint density at radius 2 is 2.00 bits per heavy atom. The zero-order valence-electron chi connectivity index (χ0n) is 16.2. The monoisotopic (exact) mass is 391 g/mol. The highest BCUT2D eigenvalue weighted by Gasteiger charge is 2.18. The van der Waals surface area contributed by atoms with E-state index in [2.05, 4.69) is 51.0 Å². The number of hydrogen-bond acceptors (Lipinski definition) is 4. The molecule has 1 amide bonds. The van der Waals surface area contributed by atoms with Gasteiger partial charge in [0.2, 0.25) is 0 Å². The third-order valence-electron chi connectivity index (χ3n) is 5.22. The number of hydrogen-bond donors (Lipinski definition) is 3. The average Bonchev–Trinajstić information content (AvgIpc) is 3.20. The van der Waals surface area contributed by atoms with Gasteiger partial charge in [0.05, 0.1) is 12.1 Å². The number of aryl methyl sites for hydroxylation is 1. The van der Waals surface area contributed by atoms with Crippen molar-refractivity contribution in [1.82, 2.24) is 10.6 Å². The normalized spacial score (nSPS) is 14.9. The van der Waals surface area contributed by atoms with E-state index in [1.807, 2.05) is 38.1 Å². The highest BCUT2D eigenvalue weighted by atomic mass is 32.1. The Bertz CT molecular complexity index is 964. The van der Waals surface area contributed by atoms with Gasteiger partial charge in [0.15, 0.2) is 0 Å². The van der Waals surface area contributed by atoms with Gasteiger partial charge < -0.3 is 16.0 Å². The standard InChI is InChI=1S/C23H25N3OS/c1-15-6-7-20(26-21-12-24-13-21)11-22(15)23(27)25-16(2)17-4-3-5-18(10-17)19-8-9-28-14-19/h3-11,14,16,21,24,26H,12-13H2,1-2H3,(H,25,27)/t16-/m1/s1. The van der Waals surface area contributed by atoms with Gasteiger partial charge in [0.1, 0.15) is 0 Å². The van der Waals surface area contributed by atoms with Crippen LogP contribution in [0.1, 0.15) is 34.5 Å². The lowest BCUT2D eigenvalue weighted by Gasteiger charge is -2.29. The highest BCUT2D eigenvalue weighted by Crippen LogP contribution is 2.25. The zero-order valence-corrected chi connectivity index (χ0v) is 17.0. The summed E-state index contributed by atoms with van der Waals surface area (Å²) in [5.74, 6) is -0.0404. The minimum atomic E-state index is -0.0714. The van der Waals surface area contributed by atoms with Crippen LogP contribution in [0.2, 0.25) is 0 Å². The van der Waals surface area contributed by atoms with Gasteiger partial charge in [-0.3, -0.25) is 4.79 Å². The molecule has 3 N–H and O–H groups in total. The van der Waals surface area contributed by atoms with Crippen molar-refractivity contribution in [3.63, 3.8) is 0 Å². The summed E-state index contributed by atoms with van der Waals surface area (Å²) in [6.07, 6.45) is 0. The predicted octanol–water partition coefficient (Wildman–Crippen LogP) is 4.60. The van der Waals surface area contributed by atoms with Crippen molar-refractivity contribution < 1.29 is 4.79 Å². The van der Waals surface area contributed by atoms with Crippen molar-refractivity contribution in [2.75, 3.05) is 18.4 Å². The zero-order chi connectivity index (χ0) is 19.5. The molecule has 1 fully saturated rings. The highest BCUT2D eigenvalue weighted by molar-refractivity contribution is 7.08. The first-order chi connectivity index (χ1) is 13.6. The van der Waals surface area contributed by atoms with Gasteiger partial charge in [-0.1, -0.05) is 24.3 Å². The second-order valence-electron chi connectivity index (χ2n) is 7.36. The maximum absolute atomic E-state index is 12.9. The number of carbonyl (C=O) groups is 1. The molecule has 1 saturated heterocycles. The molecule has 4 rings (SSSR count). The van der Waals surface area contributed by atoms with E-state index < -0.39 is 0 Å². The van der Waals surface area contributed by atoms with Crippen LogP contribution >= 0.6 is 11.3 Å². The smallest absolute Gasteiger partial charge is 0.252 e. The molecule has 1 aliphatic rings. The van der Waals surface area contributed by atoms with Gasteiger partial charge in [-0.15, -0.1) is 0 Å². The summed E-state index contributed by atoms with van der Waals surface area (Å²) >= 11 is 1.69. The summed E-state index contributed by atoms with van der Waals surface area (Å²) < 4.78 is 0. The maximum Gasteiger partial charge on any atom is 0.252 e. The number of rotatable bonds is 6. The minimum Gasteiger partial charge on any atom is -0.380 e. The lowest BCUT2D eigenvalue weighted by atomic mass is 10.0. The Hall–Kier alpha value is -2.63. The van der Waals surface area contributed by atoms with Crippen molar-refractivity contribution in [3.05, 3.63) is 76.0 Å². The number of thiophene rings is 1. The summed E-state index contributed by atoms with van der Waals surface area (Å²) in [4.78, 5) is 12.9. The van der Waals surface area contributed by atoms with Crippen molar-refractivity contribution >= 4 is 22.9 Å². The second kappa shape index (κ2) is 8.17. The Morgan fingerprint density at radius 1 is 1.14 bits per heavy atom. The van der Waals surface area contributed by atoms with Gasteiger partial charge in [-0.05, 0) is 71.1 Å². The van der Waals surface area contributed by atoms with Crippen LogP contribution in [-0.4, -0.2) is 25.0 Å². The van der Waals surface area contributed by atoms with Gasteiger partial charge in [0, 0.05) is 24.3 Å². The molecular weight excluding hydrogens is 366 g/mol. The van der Waals surface area contributed by atoms with E-state index in [9.17, 15) is 4.79 Å². The molecule has 1 aromatic heterocycles. The predicted molar refractivity (Wildman–Crippen MR) is 117 cm³/mol. The fourth-order valence-corrected chi connectivity index (χ4v) is 4.02. The van der Waals surface area contributed by atoms with E-state index in [0.717, 1.165) is 35.5 Å². The summed E-state index contributed by atoms with van der Waals surface area (Å²) in [5.41, 5.74) is 6.19. The summed E-state index contributed by atoms with van der Waals surface area (Å²) in [6, 6.07) is 16.9. The van der Waals surface area contributed by atoms with Crippen LogP contribution in [-0.2, 0) is 0 Å². The van der Waals surface area contributed by atoms with Crippen LogP contribution in [0.3, 0.4) is 0 Å². The molecule has 144 valence electrons. The molecule has 0 bridgehead atoms. The Labute approximate surface area is 170 Å². The molecular formula is C23H25N3OS. The lowest BCUT2D eigenvalue weighted by molar-refractivity contribution is 0.0939. The summed E-state index contributed by atoms with van der Waals surface area (Å²) in [6.45, 7) is 5.94. The fourth-order valence-electron chi connectivity index (χ4n) is 3.36. The van der Waals surface area contributed by atoms with Crippen molar-refractivity contribution in [2.24, 2.45) is 0 Å². The molecule has 2 aromatic carbocycles. The number of carbonyl (C=O) groups excluding carboxylic acids is 1. The Balaban J connectivity index is 1.48. The lowest BCUT2D eigenvalue weighted by Crippen LogP contribution is -2.51. The SMILES string of the molecule is Cc1ccc(NC2CNC2)cc1C(=O)N[C@H](C)c1cccc(-c2ccsc2)c1. The fraction of sp³-hybridized carbons (Fsp3) is 0.261. The molecule has 0 spiro atoms. The largest absolute Gasteiger partial charge is 0.380 e. The van der Waals surface area contributed by atoms with E-state index >= 15 is 0 Å². The van der Waals surface area contributed by atoms with Gasteiger partial charge >= 0.3 is 0 Å². The molecule has 28 heavy (non-hydrogen) atoms. The molecule has 2 heterocycles. The number of anilines is 1. The van der Waals surface area contributed by atoms with Crippen molar-refractivity contribution in [3.8, 4) is 11.1 Å². The third kappa shape index (κ3) is 4.11. The van der Waals surface area contributed by atoms with Crippen LogP contribution in [0.4, 0.5) is 5.69 Å². The third-order valence-corrected chi connectivity index (χ3v) is 5.91. The first kappa shape index (κ1) is 18.7. The molecule has 5 heteroatoms. The number of amides is 1. The van der Waals surface area contributed by atoms with Crippen LogP contribution < -0.4 is 16.0 Å². The van der Waals surface area contributed by atoms with E-state index in [1.54, 1.807) is 11.3 Å². The van der Waals surface area contributed by atoms with Crippen molar-refractivity contribution in [2.45, 2.75) is 25.9 Å². The maximum atomic E-state index is 12.9. The molecule has 1 atom stereocenters. The van der Waals surface area contributed by atoms with Gasteiger partial charge in [-0.25, -0.2) is 0 Å². The molecule has 0 radical (unpaired) electrons. The van der Waals surface area contributed by atoms with Gasteiger partial charge in [0.25, 0.3) is 5.91 Å². The van der Waals surface area contributed by atoms with E-state index in [0.29, 0.717) is 6.04 Å². The average molecular weight is 392 g/mol. The van der Waals surface area contributed by atoms with Crippen LogP contribution in [0.15, 0.2) is 59.3 Å². The van der Waals surface area contributed by atoms with E-state index in [1.165, 1.54) is 11.1 Å². The van der Waals surface area contributed by atoms with Crippen LogP contribution in [0, 0.1) is 6.92 Å². The number of benzene rings is 2. The first-order valence-corrected chi connectivity index (χ1v) is 10.6. The Morgan fingerprint density at radius 3 is 2.71 bits per heavy atom. The van der Waals surface area contributed by atoms with Crippen LogP contribution in [0.25, 0.3) is 11.1 Å². The molecule has 0 aliphatic carbocycles. The summed E-state index contributed by atoms with van der Waals surface area (Å²) in [7, 11) is 0.